The van der Waals surface area contributed by atoms with Gasteiger partial charge < -0.3 is 5.32 Å². The van der Waals surface area contributed by atoms with E-state index < -0.39 is 0 Å². The molecule has 0 saturated carbocycles. The molecular formula is C14H20BrClN2. The summed E-state index contributed by atoms with van der Waals surface area (Å²) in [4.78, 5) is 2.54. The van der Waals surface area contributed by atoms with Gasteiger partial charge in [0, 0.05) is 10.5 Å². The topological polar surface area (TPSA) is 15.3 Å². The van der Waals surface area contributed by atoms with Crippen LogP contribution in [0.2, 0.25) is 5.02 Å². The molecule has 18 heavy (non-hydrogen) atoms. The predicted octanol–water partition coefficient (Wildman–Crippen LogP) is 3.70. The second kappa shape index (κ2) is 6.38. The summed E-state index contributed by atoms with van der Waals surface area (Å²) >= 11 is 9.69. The number of likely N-dealkylation sites (tertiary alicyclic amines) is 1. The molecule has 0 bridgehead atoms. The van der Waals surface area contributed by atoms with Gasteiger partial charge in [0.25, 0.3) is 0 Å². The molecule has 0 spiro atoms. The van der Waals surface area contributed by atoms with Crippen molar-refractivity contribution in [1.82, 2.24) is 10.2 Å². The molecule has 0 aliphatic carbocycles. The summed E-state index contributed by atoms with van der Waals surface area (Å²) in [5, 5.41) is 4.12. The monoisotopic (exact) mass is 330 g/mol. The van der Waals surface area contributed by atoms with Crippen molar-refractivity contribution in [3.05, 3.63) is 33.3 Å². The van der Waals surface area contributed by atoms with Crippen molar-refractivity contribution < 1.29 is 0 Å². The Morgan fingerprint density at radius 1 is 1.50 bits per heavy atom. The zero-order valence-corrected chi connectivity index (χ0v) is 13.3. The fourth-order valence-electron chi connectivity index (χ4n) is 2.94. The number of halogens is 2. The smallest absolute Gasteiger partial charge is 0.0551 e. The van der Waals surface area contributed by atoms with Crippen molar-refractivity contribution in [2.75, 3.05) is 26.7 Å². The summed E-state index contributed by atoms with van der Waals surface area (Å²) in [7, 11) is 2.03. The van der Waals surface area contributed by atoms with Crippen LogP contribution in [-0.2, 0) is 0 Å². The third kappa shape index (κ3) is 2.90. The van der Waals surface area contributed by atoms with Gasteiger partial charge >= 0.3 is 0 Å². The van der Waals surface area contributed by atoms with Crippen LogP contribution in [-0.4, -0.2) is 31.6 Å². The number of hydrogen-bond donors (Lipinski definition) is 1. The van der Waals surface area contributed by atoms with Gasteiger partial charge in [0.1, 0.15) is 0 Å². The summed E-state index contributed by atoms with van der Waals surface area (Å²) in [6.07, 6.45) is 1.26. The Hall–Kier alpha value is -0.0900. The van der Waals surface area contributed by atoms with E-state index in [1.807, 2.05) is 7.05 Å². The highest BCUT2D eigenvalue weighted by atomic mass is 79.9. The molecule has 2 unspecified atom stereocenters. The predicted molar refractivity (Wildman–Crippen MR) is 81.2 cm³/mol. The van der Waals surface area contributed by atoms with Crippen LogP contribution < -0.4 is 5.32 Å². The standard InChI is InChI=1S/C14H20BrClN2/c1-3-18-7-6-11(9-17-2)14(18)10-4-5-12(15)13(16)8-10/h4-5,8,11,14,17H,3,6-7,9H2,1-2H3. The van der Waals surface area contributed by atoms with Gasteiger partial charge in [-0.15, -0.1) is 0 Å². The van der Waals surface area contributed by atoms with Gasteiger partial charge in [0.05, 0.1) is 5.02 Å². The highest BCUT2D eigenvalue weighted by molar-refractivity contribution is 9.10. The van der Waals surface area contributed by atoms with E-state index in [4.69, 9.17) is 11.6 Å². The molecule has 0 amide bonds. The number of nitrogens with zero attached hydrogens (tertiary/aromatic N) is 1. The lowest BCUT2D eigenvalue weighted by molar-refractivity contribution is 0.238. The average Bonchev–Trinajstić information content (AvgIpc) is 2.76. The zero-order chi connectivity index (χ0) is 13.1. The molecule has 4 heteroatoms. The van der Waals surface area contributed by atoms with Crippen LogP contribution in [0.5, 0.6) is 0 Å². The summed E-state index contributed by atoms with van der Waals surface area (Å²) < 4.78 is 0.971. The molecule has 2 atom stereocenters. The first-order chi connectivity index (χ1) is 8.67. The van der Waals surface area contributed by atoms with Crippen LogP contribution in [0, 0.1) is 5.92 Å². The molecule has 1 N–H and O–H groups in total. The van der Waals surface area contributed by atoms with E-state index in [1.165, 1.54) is 18.5 Å². The third-order valence-electron chi connectivity index (χ3n) is 3.78. The van der Waals surface area contributed by atoms with E-state index in [1.54, 1.807) is 0 Å². The molecule has 0 aromatic heterocycles. The van der Waals surface area contributed by atoms with Crippen molar-refractivity contribution in [2.45, 2.75) is 19.4 Å². The molecule has 0 radical (unpaired) electrons. The van der Waals surface area contributed by atoms with Crippen molar-refractivity contribution in [3.63, 3.8) is 0 Å². The van der Waals surface area contributed by atoms with Crippen LogP contribution in [0.25, 0.3) is 0 Å². The Bertz CT molecular complexity index is 411. The number of rotatable bonds is 4. The zero-order valence-electron chi connectivity index (χ0n) is 10.9. The Morgan fingerprint density at radius 2 is 2.28 bits per heavy atom. The first kappa shape index (κ1) is 14.3. The quantitative estimate of drug-likeness (QED) is 0.905. The van der Waals surface area contributed by atoms with Crippen molar-refractivity contribution in [1.29, 1.82) is 0 Å². The largest absolute Gasteiger partial charge is 0.319 e. The van der Waals surface area contributed by atoms with E-state index in [-0.39, 0.29) is 0 Å². The van der Waals surface area contributed by atoms with Crippen LogP contribution in [0.1, 0.15) is 24.9 Å². The van der Waals surface area contributed by atoms with E-state index in [0.29, 0.717) is 12.0 Å². The first-order valence-electron chi connectivity index (χ1n) is 6.51. The van der Waals surface area contributed by atoms with Gasteiger partial charge in [-0.3, -0.25) is 4.90 Å². The maximum atomic E-state index is 6.23. The molecule has 1 fully saturated rings. The molecule has 2 rings (SSSR count). The molecule has 1 saturated heterocycles. The fraction of sp³-hybridized carbons (Fsp3) is 0.571. The van der Waals surface area contributed by atoms with E-state index in [9.17, 15) is 0 Å². The van der Waals surface area contributed by atoms with E-state index >= 15 is 0 Å². The normalized spacial score (nSPS) is 24.7. The third-order valence-corrected chi connectivity index (χ3v) is 5.02. The van der Waals surface area contributed by atoms with Crippen LogP contribution in [0.15, 0.2) is 22.7 Å². The van der Waals surface area contributed by atoms with Gasteiger partial charge in [0.15, 0.2) is 0 Å². The Balaban J connectivity index is 2.28. The highest BCUT2D eigenvalue weighted by Gasteiger charge is 2.33. The molecule has 1 aliphatic rings. The van der Waals surface area contributed by atoms with Gasteiger partial charge in [-0.25, -0.2) is 0 Å². The van der Waals surface area contributed by atoms with Crippen molar-refractivity contribution in [3.8, 4) is 0 Å². The second-order valence-electron chi connectivity index (χ2n) is 4.85. The average molecular weight is 332 g/mol. The Labute approximate surface area is 123 Å². The minimum atomic E-state index is 0.494. The Kier molecular flexibility index (Phi) is 5.07. The Morgan fingerprint density at radius 3 is 2.89 bits per heavy atom. The van der Waals surface area contributed by atoms with Crippen LogP contribution in [0.4, 0.5) is 0 Å². The number of nitrogens with one attached hydrogen (secondary N) is 1. The lowest BCUT2D eigenvalue weighted by atomic mass is 9.93. The number of benzene rings is 1. The molecule has 1 heterocycles. The maximum Gasteiger partial charge on any atom is 0.0551 e. The molecule has 1 aromatic rings. The van der Waals surface area contributed by atoms with Gasteiger partial charge in [-0.2, -0.15) is 0 Å². The van der Waals surface area contributed by atoms with E-state index in [2.05, 4.69) is 51.3 Å². The summed E-state index contributed by atoms with van der Waals surface area (Å²) in [5.74, 6) is 0.673. The van der Waals surface area contributed by atoms with Gasteiger partial charge in [-0.1, -0.05) is 24.6 Å². The molecular weight excluding hydrogens is 312 g/mol. The van der Waals surface area contributed by atoms with Crippen molar-refractivity contribution in [2.24, 2.45) is 5.92 Å². The van der Waals surface area contributed by atoms with Crippen LogP contribution in [0.3, 0.4) is 0 Å². The SMILES string of the molecule is CCN1CCC(CNC)C1c1ccc(Br)c(Cl)c1. The second-order valence-corrected chi connectivity index (χ2v) is 6.11. The lowest BCUT2D eigenvalue weighted by Gasteiger charge is -2.28. The van der Waals surface area contributed by atoms with Gasteiger partial charge in [-0.05, 0) is 72.6 Å². The molecule has 1 aliphatic heterocycles. The van der Waals surface area contributed by atoms with Crippen molar-refractivity contribution >= 4 is 27.5 Å². The maximum absolute atomic E-state index is 6.23. The molecule has 1 aromatic carbocycles. The van der Waals surface area contributed by atoms with Crippen LogP contribution >= 0.6 is 27.5 Å². The highest BCUT2D eigenvalue weighted by Crippen LogP contribution is 2.38. The van der Waals surface area contributed by atoms with Gasteiger partial charge in [0.2, 0.25) is 0 Å². The molecule has 100 valence electrons. The summed E-state index contributed by atoms with van der Waals surface area (Å²) in [6.45, 7) is 5.57. The lowest BCUT2D eigenvalue weighted by Crippen LogP contribution is -2.29. The molecule has 2 nitrogen and oxygen atoms in total. The minimum absolute atomic E-state index is 0.494. The fourth-order valence-corrected chi connectivity index (χ4v) is 3.37. The minimum Gasteiger partial charge on any atom is -0.319 e. The number of hydrogen-bond acceptors (Lipinski definition) is 2. The first-order valence-corrected chi connectivity index (χ1v) is 7.68. The summed E-state index contributed by atoms with van der Waals surface area (Å²) in [5.41, 5.74) is 1.34. The van der Waals surface area contributed by atoms with E-state index in [0.717, 1.165) is 22.6 Å². The summed E-state index contributed by atoms with van der Waals surface area (Å²) in [6, 6.07) is 6.85.